The van der Waals surface area contributed by atoms with Crippen molar-refractivity contribution in [2.75, 3.05) is 11.9 Å². The summed E-state index contributed by atoms with van der Waals surface area (Å²) in [6.07, 6.45) is 2.47. The molecule has 0 fully saturated rings. The second-order valence-corrected chi connectivity index (χ2v) is 3.78. The van der Waals surface area contributed by atoms with Gasteiger partial charge in [0.1, 0.15) is 11.6 Å². The molecule has 19 heavy (non-hydrogen) atoms. The molecule has 0 unspecified atom stereocenters. The maximum absolute atomic E-state index is 13.1. The zero-order valence-corrected chi connectivity index (χ0v) is 10.1. The summed E-state index contributed by atoms with van der Waals surface area (Å²) in [6, 6.07) is 3.85. The van der Waals surface area contributed by atoms with Crippen LogP contribution in [0.4, 0.5) is 15.9 Å². The lowest BCUT2D eigenvalue weighted by atomic mass is 10.2. The summed E-state index contributed by atoms with van der Waals surface area (Å²) in [6.45, 7) is 2.43. The molecule has 2 rings (SSSR count). The van der Waals surface area contributed by atoms with Crippen LogP contribution in [0, 0.1) is 15.9 Å². The van der Waals surface area contributed by atoms with Crippen LogP contribution < -0.4 is 5.32 Å². The van der Waals surface area contributed by atoms with Gasteiger partial charge in [0, 0.05) is 24.4 Å². The van der Waals surface area contributed by atoms with Crippen molar-refractivity contribution in [3.63, 3.8) is 0 Å². The number of nitrogens with zero attached hydrogens (tertiary/aromatic N) is 3. The van der Waals surface area contributed by atoms with Crippen molar-refractivity contribution in [3.05, 3.63) is 46.5 Å². The van der Waals surface area contributed by atoms with Gasteiger partial charge in [-0.25, -0.2) is 9.37 Å². The Hall–Kier alpha value is -2.57. The highest BCUT2D eigenvalue weighted by Crippen LogP contribution is 2.25. The Bertz CT molecular complexity index is 618. The van der Waals surface area contributed by atoms with Crippen LogP contribution in [0.1, 0.15) is 6.92 Å². The number of halogens is 1. The molecule has 2 aromatic heterocycles. The molecule has 1 N–H and O–H groups in total. The highest BCUT2D eigenvalue weighted by Gasteiger charge is 2.12. The van der Waals surface area contributed by atoms with E-state index in [4.69, 9.17) is 0 Å². The third kappa shape index (κ3) is 3.01. The van der Waals surface area contributed by atoms with Gasteiger partial charge in [0.25, 0.3) is 5.69 Å². The number of aromatic nitrogens is 2. The zero-order chi connectivity index (χ0) is 13.8. The highest BCUT2D eigenvalue weighted by atomic mass is 19.1. The Balaban J connectivity index is 2.52. The van der Waals surface area contributed by atoms with Crippen LogP contribution in [-0.4, -0.2) is 21.4 Å². The first kappa shape index (κ1) is 12.9. The number of nitro groups is 1. The van der Waals surface area contributed by atoms with E-state index in [2.05, 4.69) is 15.3 Å². The molecule has 2 heterocycles. The number of pyridine rings is 2. The summed E-state index contributed by atoms with van der Waals surface area (Å²) in [5.74, 6) is -0.147. The van der Waals surface area contributed by atoms with Crippen LogP contribution >= 0.6 is 0 Å². The van der Waals surface area contributed by atoms with Gasteiger partial charge in [-0.15, -0.1) is 0 Å². The predicted octanol–water partition coefficient (Wildman–Crippen LogP) is 2.62. The van der Waals surface area contributed by atoms with Gasteiger partial charge < -0.3 is 5.32 Å². The van der Waals surface area contributed by atoms with Crippen LogP contribution in [0.25, 0.3) is 11.3 Å². The molecule has 6 nitrogen and oxygen atoms in total. The Morgan fingerprint density at radius 3 is 2.79 bits per heavy atom. The second-order valence-electron chi connectivity index (χ2n) is 3.78. The van der Waals surface area contributed by atoms with E-state index in [1.807, 2.05) is 6.92 Å². The quantitative estimate of drug-likeness (QED) is 0.676. The van der Waals surface area contributed by atoms with Crippen molar-refractivity contribution >= 4 is 11.5 Å². The molecule has 0 amide bonds. The van der Waals surface area contributed by atoms with E-state index in [9.17, 15) is 14.5 Å². The molecule has 0 aromatic carbocycles. The highest BCUT2D eigenvalue weighted by molar-refractivity contribution is 5.64. The minimum Gasteiger partial charge on any atom is -0.370 e. The van der Waals surface area contributed by atoms with Crippen LogP contribution in [0.2, 0.25) is 0 Å². The molecule has 0 saturated heterocycles. The van der Waals surface area contributed by atoms with Crippen LogP contribution in [-0.2, 0) is 0 Å². The first-order valence-electron chi connectivity index (χ1n) is 5.61. The van der Waals surface area contributed by atoms with Crippen molar-refractivity contribution in [2.45, 2.75) is 6.92 Å². The molecular formula is C12H11FN4O2. The van der Waals surface area contributed by atoms with Crippen molar-refractivity contribution in [3.8, 4) is 11.3 Å². The first-order valence-corrected chi connectivity index (χ1v) is 5.61. The normalized spacial score (nSPS) is 10.2. The summed E-state index contributed by atoms with van der Waals surface area (Å²) in [7, 11) is 0. The molecular weight excluding hydrogens is 251 g/mol. The van der Waals surface area contributed by atoms with Gasteiger partial charge in [0.15, 0.2) is 0 Å². The lowest BCUT2D eigenvalue weighted by molar-refractivity contribution is -0.384. The molecule has 0 bridgehead atoms. The number of rotatable bonds is 4. The second kappa shape index (κ2) is 5.38. The average molecular weight is 262 g/mol. The number of hydrogen-bond donors (Lipinski definition) is 1. The molecule has 98 valence electrons. The SMILES string of the molecule is CCNc1cc([N+](=O)[O-])cc(-c2cncc(F)c2)n1. The molecule has 0 aliphatic heterocycles. The maximum atomic E-state index is 13.1. The molecule has 0 atom stereocenters. The first-order chi connectivity index (χ1) is 9.10. The summed E-state index contributed by atoms with van der Waals surface area (Å²) in [5, 5.41) is 13.8. The van der Waals surface area contributed by atoms with E-state index in [0.717, 1.165) is 6.20 Å². The fourth-order valence-corrected chi connectivity index (χ4v) is 1.59. The number of hydrogen-bond acceptors (Lipinski definition) is 5. The van der Waals surface area contributed by atoms with E-state index in [1.165, 1.54) is 24.4 Å². The third-order valence-corrected chi connectivity index (χ3v) is 2.38. The van der Waals surface area contributed by atoms with E-state index < -0.39 is 10.7 Å². The van der Waals surface area contributed by atoms with Crippen molar-refractivity contribution < 1.29 is 9.31 Å². The Labute approximate surface area is 108 Å². The fraction of sp³-hybridized carbons (Fsp3) is 0.167. The summed E-state index contributed by atoms with van der Waals surface area (Å²) in [4.78, 5) is 18.3. The molecule has 0 spiro atoms. The predicted molar refractivity (Wildman–Crippen MR) is 68.2 cm³/mol. The van der Waals surface area contributed by atoms with E-state index in [0.29, 0.717) is 23.6 Å². The van der Waals surface area contributed by atoms with Gasteiger partial charge in [-0.2, -0.15) is 0 Å². The Kier molecular flexibility index (Phi) is 3.65. The lowest BCUT2D eigenvalue weighted by Crippen LogP contribution is -2.02. The largest absolute Gasteiger partial charge is 0.370 e. The van der Waals surface area contributed by atoms with Gasteiger partial charge in [-0.1, -0.05) is 0 Å². The van der Waals surface area contributed by atoms with E-state index in [1.54, 1.807) is 0 Å². The van der Waals surface area contributed by atoms with Gasteiger partial charge in [-0.05, 0) is 13.0 Å². The van der Waals surface area contributed by atoms with Crippen LogP contribution in [0.3, 0.4) is 0 Å². The molecule has 0 radical (unpaired) electrons. The minimum atomic E-state index is -0.518. The third-order valence-electron chi connectivity index (χ3n) is 2.38. The maximum Gasteiger partial charge on any atom is 0.275 e. The average Bonchev–Trinajstić information content (AvgIpc) is 2.38. The van der Waals surface area contributed by atoms with Crippen molar-refractivity contribution in [2.24, 2.45) is 0 Å². The van der Waals surface area contributed by atoms with Crippen LogP contribution in [0.15, 0.2) is 30.6 Å². The van der Waals surface area contributed by atoms with Gasteiger partial charge >= 0.3 is 0 Å². The monoisotopic (exact) mass is 262 g/mol. The van der Waals surface area contributed by atoms with Crippen LogP contribution in [0.5, 0.6) is 0 Å². The minimum absolute atomic E-state index is 0.106. The van der Waals surface area contributed by atoms with E-state index >= 15 is 0 Å². The lowest BCUT2D eigenvalue weighted by Gasteiger charge is -2.06. The number of anilines is 1. The molecule has 7 heteroatoms. The van der Waals surface area contributed by atoms with Crippen molar-refractivity contribution in [1.29, 1.82) is 0 Å². The zero-order valence-electron chi connectivity index (χ0n) is 10.1. The van der Waals surface area contributed by atoms with Gasteiger partial charge in [-0.3, -0.25) is 15.1 Å². The summed E-state index contributed by atoms with van der Waals surface area (Å²) in [5.41, 5.74) is 0.588. The topological polar surface area (TPSA) is 81.0 Å². The molecule has 0 aliphatic rings. The Morgan fingerprint density at radius 1 is 1.37 bits per heavy atom. The van der Waals surface area contributed by atoms with E-state index in [-0.39, 0.29) is 5.69 Å². The molecule has 2 aromatic rings. The summed E-state index contributed by atoms with van der Waals surface area (Å²) >= 11 is 0. The summed E-state index contributed by atoms with van der Waals surface area (Å²) < 4.78 is 13.1. The smallest absolute Gasteiger partial charge is 0.275 e. The standard InChI is InChI=1S/C12H11FN4O2/c1-2-15-12-5-10(17(18)19)4-11(16-12)8-3-9(13)7-14-6-8/h3-7H,2H2,1H3,(H,15,16). The fourth-order valence-electron chi connectivity index (χ4n) is 1.59. The van der Waals surface area contributed by atoms with Gasteiger partial charge in [0.2, 0.25) is 0 Å². The molecule has 0 aliphatic carbocycles. The van der Waals surface area contributed by atoms with Crippen molar-refractivity contribution in [1.82, 2.24) is 9.97 Å². The number of nitrogens with one attached hydrogen (secondary N) is 1. The Morgan fingerprint density at radius 2 is 2.16 bits per heavy atom. The van der Waals surface area contributed by atoms with Gasteiger partial charge in [0.05, 0.1) is 22.9 Å². The molecule has 0 saturated carbocycles.